The minimum atomic E-state index is 0.0344. The Labute approximate surface area is 135 Å². The molecule has 2 unspecified atom stereocenters. The first-order chi connectivity index (χ1) is 10.2. The number of rotatable bonds is 3. The summed E-state index contributed by atoms with van der Waals surface area (Å²) in [5.41, 5.74) is 7.87. The molecular formula is C17H24BrNO2. The molecule has 2 aliphatic heterocycles. The lowest BCUT2D eigenvalue weighted by Crippen LogP contribution is -2.48. The third kappa shape index (κ3) is 3.67. The summed E-state index contributed by atoms with van der Waals surface area (Å²) in [6.07, 6.45) is 5.13. The predicted octanol–water partition coefficient (Wildman–Crippen LogP) is 3.29. The lowest BCUT2D eigenvalue weighted by molar-refractivity contribution is -0.149. The number of ether oxygens (including phenoxy) is 2. The number of benzene rings is 1. The van der Waals surface area contributed by atoms with Crippen LogP contribution in [-0.4, -0.2) is 31.5 Å². The summed E-state index contributed by atoms with van der Waals surface area (Å²) in [5, 5.41) is 0. The number of nitrogens with two attached hydrogens (primary N) is 1. The monoisotopic (exact) mass is 353 g/mol. The first-order valence-electron chi connectivity index (χ1n) is 7.89. The van der Waals surface area contributed by atoms with Crippen LogP contribution < -0.4 is 5.73 Å². The Morgan fingerprint density at radius 3 is 2.76 bits per heavy atom. The molecule has 0 amide bonds. The van der Waals surface area contributed by atoms with Gasteiger partial charge < -0.3 is 15.2 Å². The Bertz CT molecular complexity index is 468. The number of hydrogen-bond acceptors (Lipinski definition) is 3. The summed E-state index contributed by atoms with van der Waals surface area (Å²) in [4.78, 5) is 0. The van der Waals surface area contributed by atoms with E-state index in [1.165, 1.54) is 5.56 Å². The van der Waals surface area contributed by atoms with E-state index in [0.29, 0.717) is 5.92 Å². The third-order valence-corrected chi connectivity index (χ3v) is 5.73. The van der Waals surface area contributed by atoms with E-state index in [-0.39, 0.29) is 11.6 Å². The van der Waals surface area contributed by atoms with Gasteiger partial charge in [0.2, 0.25) is 0 Å². The van der Waals surface area contributed by atoms with Gasteiger partial charge in [0.05, 0.1) is 5.60 Å². The van der Waals surface area contributed by atoms with Crippen molar-refractivity contribution in [1.82, 2.24) is 0 Å². The van der Waals surface area contributed by atoms with E-state index in [1.807, 2.05) is 6.07 Å². The molecule has 0 aromatic heterocycles. The summed E-state index contributed by atoms with van der Waals surface area (Å²) in [5.74, 6) is 0.545. The van der Waals surface area contributed by atoms with E-state index >= 15 is 0 Å². The van der Waals surface area contributed by atoms with Crippen LogP contribution in [0.5, 0.6) is 0 Å². The van der Waals surface area contributed by atoms with Gasteiger partial charge >= 0.3 is 0 Å². The highest BCUT2D eigenvalue weighted by molar-refractivity contribution is 9.10. The van der Waals surface area contributed by atoms with Gasteiger partial charge in [-0.2, -0.15) is 0 Å². The van der Waals surface area contributed by atoms with Gasteiger partial charge in [0.1, 0.15) is 0 Å². The Hall–Kier alpha value is -0.420. The minimum Gasteiger partial charge on any atom is -0.381 e. The van der Waals surface area contributed by atoms with Crippen LogP contribution in [-0.2, 0) is 15.9 Å². The quantitative estimate of drug-likeness (QED) is 0.906. The Kier molecular flexibility index (Phi) is 4.99. The smallest absolute Gasteiger partial charge is 0.0729 e. The zero-order valence-corrected chi connectivity index (χ0v) is 14.0. The van der Waals surface area contributed by atoms with Crippen LogP contribution in [0.15, 0.2) is 28.7 Å². The summed E-state index contributed by atoms with van der Waals surface area (Å²) < 4.78 is 12.8. The van der Waals surface area contributed by atoms with Crippen molar-refractivity contribution >= 4 is 15.9 Å². The average molecular weight is 354 g/mol. The van der Waals surface area contributed by atoms with Gasteiger partial charge in [0.25, 0.3) is 0 Å². The molecule has 2 N–H and O–H groups in total. The van der Waals surface area contributed by atoms with Crippen molar-refractivity contribution in [1.29, 1.82) is 0 Å². The summed E-state index contributed by atoms with van der Waals surface area (Å²) in [6.45, 7) is 2.49. The molecule has 4 heteroatoms. The predicted molar refractivity (Wildman–Crippen MR) is 87.3 cm³/mol. The molecule has 3 nitrogen and oxygen atoms in total. The van der Waals surface area contributed by atoms with E-state index < -0.39 is 0 Å². The topological polar surface area (TPSA) is 44.5 Å². The van der Waals surface area contributed by atoms with E-state index in [4.69, 9.17) is 15.2 Å². The molecule has 0 aliphatic carbocycles. The molecule has 21 heavy (non-hydrogen) atoms. The van der Waals surface area contributed by atoms with Crippen LogP contribution >= 0.6 is 15.9 Å². The van der Waals surface area contributed by atoms with Gasteiger partial charge in [0.15, 0.2) is 0 Å². The zero-order valence-electron chi connectivity index (χ0n) is 12.4. The molecular weight excluding hydrogens is 330 g/mol. The first kappa shape index (κ1) is 15.5. The molecule has 0 bridgehead atoms. The van der Waals surface area contributed by atoms with E-state index in [1.54, 1.807) is 0 Å². The standard InChI is InChI=1S/C17H24BrNO2/c18-15-4-2-1-3-13(15)11-16(19)14-5-8-21-17(12-14)6-9-20-10-7-17/h1-4,14,16H,5-12,19H2. The van der Waals surface area contributed by atoms with Crippen molar-refractivity contribution < 1.29 is 9.47 Å². The molecule has 2 aliphatic rings. The fourth-order valence-electron chi connectivity index (χ4n) is 3.61. The summed E-state index contributed by atoms with van der Waals surface area (Å²) in [7, 11) is 0. The van der Waals surface area contributed by atoms with E-state index in [0.717, 1.165) is 56.4 Å². The van der Waals surface area contributed by atoms with Crippen molar-refractivity contribution in [3.05, 3.63) is 34.3 Å². The molecule has 3 rings (SSSR count). The van der Waals surface area contributed by atoms with Crippen molar-refractivity contribution in [3.8, 4) is 0 Å². The lowest BCUT2D eigenvalue weighted by atomic mass is 9.77. The molecule has 2 atom stereocenters. The molecule has 2 fully saturated rings. The van der Waals surface area contributed by atoms with Crippen molar-refractivity contribution in [3.63, 3.8) is 0 Å². The van der Waals surface area contributed by atoms with Crippen LogP contribution in [0.3, 0.4) is 0 Å². The van der Waals surface area contributed by atoms with Gasteiger partial charge in [-0.15, -0.1) is 0 Å². The normalized spacial score (nSPS) is 26.7. The van der Waals surface area contributed by atoms with E-state index in [9.17, 15) is 0 Å². The van der Waals surface area contributed by atoms with Crippen molar-refractivity contribution in [2.24, 2.45) is 11.7 Å². The molecule has 1 aromatic rings. The second-order valence-electron chi connectivity index (χ2n) is 6.36. The van der Waals surface area contributed by atoms with Crippen LogP contribution in [0.1, 0.15) is 31.2 Å². The summed E-state index contributed by atoms with van der Waals surface area (Å²) >= 11 is 3.62. The van der Waals surface area contributed by atoms with Crippen LogP contribution in [0, 0.1) is 5.92 Å². The highest BCUT2D eigenvalue weighted by Gasteiger charge is 2.40. The van der Waals surface area contributed by atoms with Crippen LogP contribution in [0.2, 0.25) is 0 Å². The van der Waals surface area contributed by atoms with Crippen LogP contribution in [0.25, 0.3) is 0 Å². The van der Waals surface area contributed by atoms with Crippen molar-refractivity contribution in [2.45, 2.75) is 43.7 Å². The van der Waals surface area contributed by atoms with Gasteiger partial charge in [-0.1, -0.05) is 34.1 Å². The Balaban J connectivity index is 1.64. The molecule has 0 saturated carbocycles. The Morgan fingerprint density at radius 1 is 1.24 bits per heavy atom. The zero-order chi connectivity index (χ0) is 14.7. The highest BCUT2D eigenvalue weighted by Crippen LogP contribution is 2.38. The average Bonchev–Trinajstić information content (AvgIpc) is 2.50. The largest absolute Gasteiger partial charge is 0.381 e. The van der Waals surface area contributed by atoms with Gasteiger partial charge in [-0.3, -0.25) is 0 Å². The van der Waals surface area contributed by atoms with Gasteiger partial charge in [0, 0.05) is 30.3 Å². The Morgan fingerprint density at radius 2 is 2.00 bits per heavy atom. The molecule has 0 radical (unpaired) electrons. The minimum absolute atomic E-state index is 0.0344. The third-order valence-electron chi connectivity index (χ3n) is 4.95. The molecule has 116 valence electrons. The number of halogens is 1. The fraction of sp³-hybridized carbons (Fsp3) is 0.647. The van der Waals surface area contributed by atoms with Crippen LogP contribution in [0.4, 0.5) is 0 Å². The SMILES string of the molecule is NC(Cc1ccccc1Br)C1CCOC2(CCOCC2)C1. The maximum absolute atomic E-state index is 6.53. The van der Waals surface area contributed by atoms with Gasteiger partial charge in [-0.25, -0.2) is 0 Å². The highest BCUT2D eigenvalue weighted by atomic mass is 79.9. The fourth-order valence-corrected chi connectivity index (χ4v) is 4.05. The maximum Gasteiger partial charge on any atom is 0.0729 e. The number of hydrogen-bond donors (Lipinski definition) is 1. The molecule has 2 saturated heterocycles. The van der Waals surface area contributed by atoms with E-state index in [2.05, 4.69) is 34.1 Å². The maximum atomic E-state index is 6.53. The van der Waals surface area contributed by atoms with Gasteiger partial charge in [-0.05, 0) is 49.7 Å². The second-order valence-corrected chi connectivity index (χ2v) is 7.21. The lowest BCUT2D eigenvalue weighted by Gasteiger charge is -2.44. The molecule has 1 aromatic carbocycles. The molecule has 2 heterocycles. The summed E-state index contributed by atoms with van der Waals surface area (Å²) in [6, 6.07) is 8.58. The first-order valence-corrected chi connectivity index (χ1v) is 8.69. The van der Waals surface area contributed by atoms with Crippen molar-refractivity contribution in [2.75, 3.05) is 19.8 Å². The molecule has 1 spiro atoms. The second kappa shape index (κ2) is 6.78.